The summed E-state index contributed by atoms with van der Waals surface area (Å²) in [6, 6.07) is 6.30. The fourth-order valence-corrected chi connectivity index (χ4v) is 4.23. The summed E-state index contributed by atoms with van der Waals surface area (Å²) in [5.41, 5.74) is 27.9. The Morgan fingerprint density at radius 2 is 1.30 bits per heavy atom. The van der Waals surface area contributed by atoms with E-state index in [2.05, 4.69) is 31.3 Å². The number of amides is 4. The Morgan fingerprint density at radius 3 is 1.82 bits per heavy atom. The molecule has 0 unspecified atom stereocenters. The van der Waals surface area contributed by atoms with Gasteiger partial charge in [0.2, 0.25) is 23.6 Å². The minimum absolute atomic E-state index is 0.0666. The Hall–Kier alpha value is -4.40. The molecule has 0 spiro atoms. The first-order valence-electron chi connectivity index (χ1n) is 15.0. The number of nitrogens with two attached hydrogens (primary N) is 5. The number of hydrogen-bond acceptors (Lipinski definition) is 7. The molecule has 0 bridgehead atoms. The Morgan fingerprint density at radius 1 is 0.727 bits per heavy atom. The molecule has 15 heteroatoms. The monoisotopic (exact) mass is 617 g/mol. The zero-order valence-corrected chi connectivity index (χ0v) is 25.9. The van der Waals surface area contributed by atoms with Gasteiger partial charge in [-0.2, -0.15) is 0 Å². The maximum atomic E-state index is 13.5. The van der Waals surface area contributed by atoms with E-state index >= 15 is 0 Å². The van der Waals surface area contributed by atoms with Gasteiger partial charge in [0.1, 0.15) is 18.1 Å². The average Bonchev–Trinajstić information content (AvgIpc) is 2.96. The lowest BCUT2D eigenvalue weighted by molar-refractivity contribution is -0.134. The maximum Gasteiger partial charge on any atom is 0.243 e. The van der Waals surface area contributed by atoms with Crippen LogP contribution in [0.1, 0.15) is 57.9 Å². The molecule has 0 aliphatic heterocycles. The Kier molecular flexibility index (Phi) is 18.2. The third-order valence-electron chi connectivity index (χ3n) is 6.56. The van der Waals surface area contributed by atoms with Crippen molar-refractivity contribution < 1.29 is 19.2 Å². The maximum absolute atomic E-state index is 13.5. The lowest BCUT2D eigenvalue weighted by Gasteiger charge is -2.27. The first-order chi connectivity index (χ1) is 20.9. The van der Waals surface area contributed by atoms with Crippen LogP contribution in [0.15, 0.2) is 40.3 Å². The molecule has 0 saturated carbocycles. The third kappa shape index (κ3) is 16.3. The second-order valence-corrected chi connectivity index (χ2v) is 10.8. The van der Waals surface area contributed by atoms with Crippen LogP contribution in [0, 0.1) is 5.92 Å². The molecular formula is C29H51N11O4. The number of carbonyl (C=O) groups excluding carboxylic acids is 4. The summed E-state index contributed by atoms with van der Waals surface area (Å²) >= 11 is 0. The fourth-order valence-electron chi connectivity index (χ4n) is 4.23. The number of carbonyl (C=O) groups is 4. The van der Waals surface area contributed by atoms with E-state index in [-0.39, 0.29) is 62.0 Å². The summed E-state index contributed by atoms with van der Waals surface area (Å²) in [4.78, 5) is 60.6. The standard InChI is InChI=1S/C29H51N11O4/c1-19(2)24(27(44)39-21(12-8-16-36-28(31)32)25(42)35-15-7-6-14-30)40-26(43)22(13-9-17-37-29(33)34)38-23(41)18-20-10-4-3-5-11-20/h3-5,10-11,19,21-22,24H,6-9,12-18,30H2,1-2H3,(H,35,42)(H,38,41)(H,39,44)(H,40,43)(H4,31,32,36)(H4,33,34,37)/t21-,22-,24-/m0/s1. The van der Waals surface area contributed by atoms with Gasteiger partial charge in [-0.25, -0.2) is 0 Å². The van der Waals surface area contributed by atoms with Gasteiger partial charge in [0.15, 0.2) is 11.9 Å². The molecule has 1 aromatic carbocycles. The molecule has 1 rings (SSSR count). The number of aliphatic imine (C=N–C) groups is 2. The van der Waals surface area contributed by atoms with Crippen LogP contribution < -0.4 is 49.9 Å². The number of guanidine groups is 2. The topological polar surface area (TPSA) is 271 Å². The minimum Gasteiger partial charge on any atom is -0.370 e. The van der Waals surface area contributed by atoms with E-state index in [1.54, 1.807) is 13.8 Å². The molecule has 4 amide bonds. The molecule has 0 heterocycles. The zero-order chi connectivity index (χ0) is 32.9. The molecule has 0 aromatic heterocycles. The summed E-state index contributed by atoms with van der Waals surface area (Å²) in [6.45, 7) is 5.00. The molecule has 44 heavy (non-hydrogen) atoms. The highest BCUT2D eigenvalue weighted by atomic mass is 16.2. The molecule has 15 nitrogen and oxygen atoms in total. The number of rotatable bonds is 21. The van der Waals surface area contributed by atoms with Crippen molar-refractivity contribution in [1.82, 2.24) is 21.3 Å². The Bertz CT molecular complexity index is 1090. The fraction of sp³-hybridized carbons (Fsp3) is 0.586. The lowest BCUT2D eigenvalue weighted by atomic mass is 10.0. The van der Waals surface area contributed by atoms with E-state index in [1.165, 1.54) is 0 Å². The van der Waals surface area contributed by atoms with E-state index in [4.69, 9.17) is 28.7 Å². The van der Waals surface area contributed by atoms with Crippen LogP contribution in [0.4, 0.5) is 0 Å². The Labute approximate surface area is 259 Å². The van der Waals surface area contributed by atoms with Gasteiger partial charge in [-0.15, -0.1) is 0 Å². The van der Waals surface area contributed by atoms with Gasteiger partial charge in [0.25, 0.3) is 0 Å². The second kappa shape index (κ2) is 21.3. The predicted octanol–water partition coefficient (Wildman–Crippen LogP) is -1.70. The van der Waals surface area contributed by atoms with E-state index in [1.807, 2.05) is 30.3 Å². The van der Waals surface area contributed by atoms with Crippen molar-refractivity contribution in [3.8, 4) is 0 Å². The highest BCUT2D eigenvalue weighted by Gasteiger charge is 2.31. The number of nitrogens with zero attached hydrogens (tertiary/aromatic N) is 2. The average molecular weight is 618 g/mol. The van der Waals surface area contributed by atoms with Crippen molar-refractivity contribution >= 4 is 35.5 Å². The number of unbranched alkanes of at least 4 members (excludes halogenated alkanes) is 1. The minimum atomic E-state index is -0.987. The van der Waals surface area contributed by atoms with Gasteiger partial charge in [0.05, 0.1) is 6.42 Å². The van der Waals surface area contributed by atoms with E-state index in [0.29, 0.717) is 32.4 Å². The number of nitrogens with one attached hydrogen (secondary N) is 4. The number of hydrogen-bond donors (Lipinski definition) is 9. The molecular weight excluding hydrogens is 566 g/mol. The predicted molar refractivity (Wildman–Crippen MR) is 172 cm³/mol. The van der Waals surface area contributed by atoms with Crippen LogP contribution in [0.25, 0.3) is 0 Å². The van der Waals surface area contributed by atoms with Crippen molar-refractivity contribution in [2.45, 2.75) is 76.9 Å². The van der Waals surface area contributed by atoms with Crippen LogP contribution in [-0.4, -0.2) is 79.9 Å². The van der Waals surface area contributed by atoms with Crippen molar-refractivity contribution in [2.24, 2.45) is 44.6 Å². The van der Waals surface area contributed by atoms with Crippen LogP contribution in [0.5, 0.6) is 0 Å². The molecule has 14 N–H and O–H groups in total. The van der Waals surface area contributed by atoms with Crippen LogP contribution in [0.2, 0.25) is 0 Å². The first kappa shape index (κ1) is 37.6. The summed E-state index contributed by atoms with van der Waals surface area (Å²) in [6.07, 6.45) is 2.86. The number of benzene rings is 1. The molecule has 0 aliphatic rings. The smallest absolute Gasteiger partial charge is 0.243 e. The normalized spacial score (nSPS) is 12.7. The molecule has 246 valence electrons. The zero-order valence-electron chi connectivity index (χ0n) is 25.9. The van der Waals surface area contributed by atoms with Crippen LogP contribution in [0.3, 0.4) is 0 Å². The molecule has 1 aromatic rings. The summed E-state index contributed by atoms with van der Waals surface area (Å²) in [5.74, 6) is -2.27. The van der Waals surface area contributed by atoms with Crippen molar-refractivity contribution in [3.63, 3.8) is 0 Å². The van der Waals surface area contributed by atoms with Gasteiger partial charge < -0.3 is 49.9 Å². The summed E-state index contributed by atoms with van der Waals surface area (Å²) in [5, 5.41) is 11.1. The van der Waals surface area contributed by atoms with Crippen molar-refractivity contribution in [2.75, 3.05) is 26.2 Å². The lowest BCUT2D eigenvalue weighted by Crippen LogP contribution is -2.58. The van der Waals surface area contributed by atoms with E-state index < -0.39 is 29.9 Å². The second-order valence-electron chi connectivity index (χ2n) is 10.8. The van der Waals surface area contributed by atoms with Crippen molar-refractivity contribution in [3.05, 3.63) is 35.9 Å². The molecule has 0 aliphatic carbocycles. The van der Waals surface area contributed by atoms with E-state index in [9.17, 15) is 19.2 Å². The highest BCUT2D eigenvalue weighted by molar-refractivity contribution is 5.94. The van der Waals surface area contributed by atoms with Crippen LogP contribution in [-0.2, 0) is 25.6 Å². The van der Waals surface area contributed by atoms with Gasteiger partial charge >= 0.3 is 0 Å². The van der Waals surface area contributed by atoms with Crippen molar-refractivity contribution in [1.29, 1.82) is 0 Å². The first-order valence-corrected chi connectivity index (χ1v) is 15.0. The van der Waals surface area contributed by atoms with Crippen LogP contribution >= 0.6 is 0 Å². The van der Waals surface area contributed by atoms with E-state index in [0.717, 1.165) is 12.0 Å². The summed E-state index contributed by atoms with van der Waals surface area (Å²) in [7, 11) is 0. The SMILES string of the molecule is CC(C)[C@H](NC(=O)[C@H](CCCN=C(N)N)NC(=O)Cc1ccccc1)C(=O)N[C@@H](CCCN=C(N)N)C(=O)NCCCCN. The quantitative estimate of drug-likeness (QED) is 0.0431. The third-order valence-corrected chi connectivity index (χ3v) is 6.56. The summed E-state index contributed by atoms with van der Waals surface area (Å²) < 4.78 is 0. The van der Waals surface area contributed by atoms with Gasteiger partial charge in [-0.1, -0.05) is 44.2 Å². The molecule has 0 saturated heterocycles. The molecule has 3 atom stereocenters. The molecule has 0 radical (unpaired) electrons. The van der Waals surface area contributed by atoms with Gasteiger partial charge in [-0.05, 0) is 56.6 Å². The highest BCUT2D eigenvalue weighted by Crippen LogP contribution is 2.08. The molecule has 0 fully saturated rings. The Balaban J connectivity index is 3.01. The van der Waals surface area contributed by atoms with Gasteiger partial charge in [-0.3, -0.25) is 29.2 Å². The van der Waals surface area contributed by atoms with Gasteiger partial charge in [0, 0.05) is 19.6 Å². The largest absolute Gasteiger partial charge is 0.370 e.